The number of halogens is 5. The van der Waals surface area contributed by atoms with Gasteiger partial charge in [-0.3, -0.25) is 28.8 Å². The van der Waals surface area contributed by atoms with Crippen LogP contribution in [0.15, 0.2) is 111 Å². The van der Waals surface area contributed by atoms with Crippen molar-refractivity contribution in [1.82, 2.24) is 0 Å². The van der Waals surface area contributed by atoms with Gasteiger partial charge < -0.3 is 30.7 Å². The molecule has 0 aliphatic heterocycles. The number of ketones is 2. The third-order valence-corrected chi connectivity index (χ3v) is 11.1. The van der Waals surface area contributed by atoms with Crippen LogP contribution in [-0.2, 0) is 37.4 Å². The Hall–Kier alpha value is -6.43. The van der Waals surface area contributed by atoms with Crippen LogP contribution < -0.4 is 30.7 Å². The molecule has 5 aromatic carbocycles. The van der Waals surface area contributed by atoms with Crippen LogP contribution in [0.1, 0.15) is 51.3 Å². The van der Waals surface area contributed by atoms with Crippen LogP contribution in [0, 0.1) is 0 Å². The summed E-state index contributed by atoms with van der Waals surface area (Å²) >= 11 is 31.0. The van der Waals surface area contributed by atoms with Crippen molar-refractivity contribution >= 4 is 127 Å². The molecule has 4 amide bonds. The van der Waals surface area contributed by atoms with Crippen molar-refractivity contribution in [2.75, 3.05) is 41.4 Å². The number of anilines is 4. The second-order valence-corrected chi connectivity index (χ2v) is 16.0. The molecule has 0 saturated heterocycles. The van der Waals surface area contributed by atoms with E-state index < -0.39 is 47.3 Å². The first-order valence-electron chi connectivity index (χ1n) is 19.9. The fraction of sp³-hybridized carbons (Fsp3) is 0.217. The summed E-state index contributed by atoms with van der Waals surface area (Å²) in [6.07, 6.45) is 0.199. The molecular formula is C46H41Cl5N8O8. The maximum absolute atomic E-state index is 13.5. The number of hydrogen-bond acceptors (Lipinski definition) is 12. The van der Waals surface area contributed by atoms with Crippen LogP contribution in [0.5, 0.6) is 11.5 Å². The van der Waals surface area contributed by atoms with Crippen molar-refractivity contribution in [3.8, 4) is 11.5 Å². The van der Waals surface area contributed by atoms with E-state index in [2.05, 4.69) is 41.7 Å². The van der Waals surface area contributed by atoms with Gasteiger partial charge >= 0.3 is 0 Å². The minimum atomic E-state index is -1.63. The molecule has 16 nitrogen and oxygen atoms in total. The molecule has 67 heavy (non-hydrogen) atoms. The summed E-state index contributed by atoms with van der Waals surface area (Å²) in [5, 5.41) is 27.1. The number of benzene rings is 5. The molecule has 0 bridgehead atoms. The minimum Gasteiger partial charge on any atom is -0.497 e. The Morgan fingerprint density at radius 3 is 1.39 bits per heavy atom. The summed E-state index contributed by atoms with van der Waals surface area (Å²) in [4.78, 5) is 78.7. The van der Waals surface area contributed by atoms with Crippen molar-refractivity contribution in [3.05, 3.63) is 129 Å². The molecule has 0 saturated carbocycles. The molecule has 5 rings (SSSR count). The Morgan fingerprint density at radius 1 is 0.537 bits per heavy atom. The normalized spacial score (nSPS) is 12.0. The number of carbonyl (C=O) groups is 6. The largest absolute Gasteiger partial charge is 0.497 e. The van der Waals surface area contributed by atoms with Crippen molar-refractivity contribution < 1.29 is 38.2 Å². The first-order chi connectivity index (χ1) is 32.1. The molecule has 4 N–H and O–H groups in total. The highest BCUT2D eigenvalue weighted by molar-refractivity contribution is 6.33. The van der Waals surface area contributed by atoms with E-state index in [0.29, 0.717) is 39.6 Å². The molecule has 0 aromatic heterocycles. The number of nitrogens with one attached hydrogen (secondary N) is 4. The molecule has 0 radical (unpaired) electrons. The molecule has 5 aromatic rings. The zero-order valence-corrected chi connectivity index (χ0v) is 39.9. The average Bonchev–Trinajstić information content (AvgIpc) is 3.31. The van der Waals surface area contributed by atoms with Gasteiger partial charge in [0.2, 0.25) is 12.1 Å². The van der Waals surface area contributed by atoms with Crippen LogP contribution >= 0.6 is 58.0 Å². The van der Waals surface area contributed by atoms with Crippen LogP contribution in [0.25, 0.3) is 0 Å². The Labute approximate surface area is 409 Å². The zero-order chi connectivity index (χ0) is 48.8. The number of hydrogen-bond donors (Lipinski definition) is 4. The molecule has 0 fully saturated rings. The third kappa shape index (κ3) is 13.8. The highest BCUT2D eigenvalue weighted by Crippen LogP contribution is 2.31. The smallest absolute Gasteiger partial charge is 0.258 e. The van der Waals surface area contributed by atoms with Gasteiger partial charge in [-0.25, -0.2) is 0 Å². The van der Waals surface area contributed by atoms with E-state index in [-0.39, 0.29) is 68.0 Å². The molecule has 0 aliphatic carbocycles. The molecule has 21 heteroatoms. The third-order valence-electron chi connectivity index (χ3n) is 9.65. The number of aryl methyl sites for hydroxylation is 1. The molecule has 2 atom stereocenters. The summed E-state index contributed by atoms with van der Waals surface area (Å²) in [5.74, 6) is -2.59. The summed E-state index contributed by atoms with van der Waals surface area (Å²) in [5.41, 5.74) is 3.39. The van der Waals surface area contributed by atoms with E-state index in [4.69, 9.17) is 67.5 Å². The van der Waals surface area contributed by atoms with Crippen LogP contribution in [0.4, 0.5) is 34.1 Å². The van der Waals surface area contributed by atoms with Crippen molar-refractivity contribution in [2.45, 2.75) is 44.1 Å². The lowest BCUT2D eigenvalue weighted by atomic mass is 10.1. The summed E-state index contributed by atoms with van der Waals surface area (Å²) in [7, 11) is 3.02. The fourth-order valence-electron chi connectivity index (χ4n) is 6.10. The van der Waals surface area contributed by atoms with E-state index in [1.807, 2.05) is 0 Å². The summed E-state index contributed by atoms with van der Waals surface area (Å²) in [6, 6.07) is 19.7. The SMILES string of the molecule is COc1ccc(NC(=O)c2ccc(Cl)c(N=NC(C(C)=O)C(=O)Nc3ccc(NC(=O)C(N=Nc4cc(C(=O)Nc5ccc(OC)cc5CCl)ccc4Cl)C(C)=O)c(CCCl)c3)c2)c(CCl)c1. The Bertz CT molecular complexity index is 2770. The summed E-state index contributed by atoms with van der Waals surface area (Å²) in [6.45, 7) is 2.31. The lowest BCUT2D eigenvalue weighted by Gasteiger charge is -2.15. The Morgan fingerprint density at radius 2 is 0.970 bits per heavy atom. The van der Waals surface area contributed by atoms with Gasteiger partial charge in [0, 0.05) is 51.5 Å². The second-order valence-electron chi connectivity index (χ2n) is 14.3. The lowest BCUT2D eigenvalue weighted by molar-refractivity contribution is -0.127. The lowest BCUT2D eigenvalue weighted by Crippen LogP contribution is -2.32. The van der Waals surface area contributed by atoms with E-state index >= 15 is 0 Å². The fourth-order valence-corrected chi connectivity index (χ4v) is 7.06. The molecule has 0 aliphatic rings. The number of Topliss-reactive ketones (excluding diaryl/α,β-unsaturated/α-hetero) is 2. The van der Waals surface area contributed by atoms with Gasteiger partial charge in [0.1, 0.15) is 22.9 Å². The predicted molar refractivity (Wildman–Crippen MR) is 260 cm³/mol. The van der Waals surface area contributed by atoms with E-state index in [1.54, 1.807) is 36.4 Å². The second kappa shape index (κ2) is 24.4. The number of amides is 4. The van der Waals surface area contributed by atoms with Gasteiger partial charge in [0.05, 0.1) is 24.3 Å². The monoisotopic (exact) mass is 1010 g/mol. The number of methoxy groups -OCH3 is 2. The highest BCUT2D eigenvalue weighted by atomic mass is 35.5. The molecular weight excluding hydrogens is 970 g/mol. The maximum atomic E-state index is 13.5. The molecule has 348 valence electrons. The first kappa shape index (κ1) is 51.6. The van der Waals surface area contributed by atoms with Crippen molar-refractivity contribution in [2.24, 2.45) is 20.5 Å². The number of azo groups is 2. The molecule has 0 heterocycles. The Kier molecular flexibility index (Phi) is 18.8. The number of carbonyl (C=O) groups excluding carboxylic acids is 6. The van der Waals surface area contributed by atoms with Crippen LogP contribution in [0.2, 0.25) is 10.0 Å². The van der Waals surface area contributed by atoms with Gasteiger partial charge in [-0.2, -0.15) is 20.5 Å². The van der Waals surface area contributed by atoms with Gasteiger partial charge in [0.25, 0.3) is 23.6 Å². The first-order valence-corrected chi connectivity index (χ1v) is 22.3. The topological polar surface area (TPSA) is 218 Å². The number of alkyl halides is 3. The van der Waals surface area contributed by atoms with Crippen molar-refractivity contribution in [3.63, 3.8) is 0 Å². The van der Waals surface area contributed by atoms with E-state index in [0.717, 1.165) is 13.8 Å². The quantitative estimate of drug-likeness (QED) is 0.0333. The van der Waals surface area contributed by atoms with E-state index in [1.165, 1.54) is 68.8 Å². The highest BCUT2D eigenvalue weighted by Gasteiger charge is 2.26. The predicted octanol–water partition coefficient (Wildman–Crippen LogP) is 11.1. The minimum absolute atomic E-state index is 0.0123. The Balaban J connectivity index is 1.28. The van der Waals surface area contributed by atoms with Gasteiger partial charge in [-0.1, -0.05) is 23.2 Å². The standard InChI is InChI=1S/C46H41Cl5N8O8/c1-24(60)41(58-56-39-20-27(5-10-34(39)50)43(62)53-37-13-8-32(66-3)18-29(37)22-48)45(64)52-31-7-12-36(26(17-31)15-16-47)55-46(65)42(25(2)61)59-57-40-21-28(6-11-35(40)51)44(63)54-38-14-9-33(67-4)19-30(38)23-49/h5-14,17-21,41-42H,15-16,22-23H2,1-4H3,(H,52,64)(H,53,62)(H,54,63)(H,55,65). The molecule has 2 unspecified atom stereocenters. The number of nitrogens with zero attached hydrogens (tertiary/aromatic N) is 4. The number of rotatable bonds is 20. The molecule has 0 spiro atoms. The average molecular weight is 1010 g/mol. The van der Waals surface area contributed by atoms with Crippen molar-refractivity contribution in [1.29, 1.82) is 0 Å². The van der Waals surface area contributed by atoms with Gasteiger partial charge in [0.15, 0.2) is 11.6 Å². The van der Waals surface area contributed by atoms with Gasteiger partial charge in [-0.15, -0.1) is 34.8 Å². The zero-order valence-electron chi connectivity index (χ0n) is 36.1. The van der Waals surface area contributed by atoms with E-state index in [9.17, 15) is 28.8 Å². The summed E-state index contributed by atoms with van der Waals surface area (Å²) < 4.78 is 10.4. The number of ether oxygens (including phenoxy) is 2. The van der Waals surface area contributed by atoms with Crippen LogP contribution in [-0.4, -0.2) is 67.4 Å². The maximum Gasteiger partial charge on any atom is 0.258 e. The van der Waals surface area contributed by atoms with Gasteiger partial charge in [-0.05, 0) is 128 Å². The van der Waals surface area contributed by atoms with Crippen LogP contribution in [0.3, 0.4) is 0 Å².